The Bertz CT molecular complexity index is 4530. The quantitative estimate of drug-likeness (QED) is 0.00975. The zero-order chi connectivity index (χ0) is 70.7. The number of amides is 1. The molecule has 1 aliphatic carbocycles. The van der Waals surface area contributed by atoms with Gasteiger partial charge in [0, 0.05) is 96.8 Å². The number of unbranched alkanes of at least 4 members (excludes halogenated alkanes) is 4. The fraction of sp³-hybridized carbons (Fsp3) is 0.317. The molecule has 9 aromatic rings. The number of carbonyl (C=O) groups excluding carboxylic acids is 1. The summed E-state index contributed by atoms with van der Waals surface area (Å²) in [5, 5.41) is 25.1. The lowest BCUT2D eigenvalue weighted by molar-refractivity contribution is -0.384. The van der Waals surface area contributed by atoms with E-state index in [1.807, 2.05) is 60.7 Å². The van der Waals surface area contributed by atoms with Gasteiger partial charge in [-0.25, -0.2) is 9.46 Å². The molecule has 0 saturated heterocycles. The van der Waals surface area contributed by atoms with E-state index < -0.39 is 11.6 Å². The van der Waals surface area contributed by atoms with Gasteiger partial charge in [-0.1, -0.05) is 107 Å². The number of hydrogen-bond donors (Lipinski definition) is 0. The second kappa shape index (κ2) is 34.1. The van der Waals surface area contributed by atoms with Crippen molar-refractivity contribution in [1.82, 2.24) is 19.8 Å². The van der Waals surface area contributed by atoms with Gasteiger partial charge in [0.1, 0.15) is 52.5 Å². The molecule has 1 amide bonds. The first-order valence-corrected chi connectivity index (χ1v) is 37.6. The molecule has 520 valence electrons. The largest absolute Gasteiger partial charge is 0.497 e. The van der Waals surface area contributed by atoms with Crippen molar-refractivity contribution < 1.29 is 37.7 Å². The number of nitrogens with zero attached hydrogens (tertiary/aromatic N) is 8. The normalized spacial score (nSPS) is 13.0. The number of nitro groups is 1. The van der Waals surface area contributed by atoms with Gasteiger partial charge in [0.15, 0.2) is 0 Å². The minimum Gasteiger partial charge on any atom is -0.497 e. The van der Waals surface area contributed by atoms with Gasteiger partial charge in [0.2, 0.25) is 5.91 Å². The predicted molar refractivity (Wildman–Crippen MR) is 405 cm³/mol. The molecule has 11 rings (SSSR count). The van der Waals surface area contributed by atoms with Gasteiger partial charge in [-0.15, -0.1) is 5.10 Å². The van der Waals surface area contributed by atoms with E-state index in [-0.39, 0.29) is 29.3 Å². The first-order valence-electron chi connectivity index (χ1n) is 35.0. The average molecular weight is 1390 g/mol. The fourth-order valence-electron chi connectivity index (χ4n) is 12.7. The van der Waals surface area contributed by atoms with Crippen molar-refractivity contribution in [1.29, 1.82) is 0 Å². The van der Waals surface area contributed by atoms with Crippen molar-refractivity contribution in [2.75, 3.05) is 56.8 Å². The lowest BCUT2D eigenvalue weighted by Crippen LogP contribution is -2.26. The van der Waals surface area contributed by atoms with Crippen molar-refractivity contribution in [3.05, 3.63) is 236 Å². The SMILES string of the molecule is CCCCN(CCCC)c1ccc(C#Cc2ccc3c(c2)C(CCCC)(CCCC)c2cc(C#Cc4ccc(OCCCOc5ccc(OP(=S)(Oc6ccc(-n7cc(COc8ccc([N+](=O)[O-])c9c8CCN9C(C)=O)nn7)cc6)N(C)/N=C/c6ccc(OC)cc6)cc5)cc4)ccc2-3)cc1. The van der Waals surface area contributed by atoms with Crippen LogP contribution in [0.5, 0.6) is 34.5 Å². The highest BCUT2D eigenvalue weighted by Crippen LogP contribution is 2.55. The highest BCUT2D eigenvalue weighted by molar-refractivity contribution is 8.09. The molecule has 1 aliphatic heterocycles. The highest BCUT2D eigenvalue weighted by Gasteiger charge is 2.42. The van der Waals surface area contributed by atoms with Crippen LogP contribution in [0.15, 0.2) is 181 Å². The molecular formula is C82H87N8O9PS. The molecule has 0 radical (unpaired) electrons. The van der Waals surface area contributed by atoms with E-state index in [4.69, 9.17) is 39.8 Å². The first-order chi connectivity index (χ1) is 49.2. The standard InChI is InChI=1S/C82H87N8O9PS/c1-8-12-48-82(49-13-9-2)77-55-63(19-17-61-21-29-67(30-22-61)87(50-14-10-3)51-15-11-4)27-43-74(77)75-44-28-64(56-78(75)82)20-18-62-23-35-70(36-24-62)95-53-16-54-96-71-39-41-73(42-40-71)99-100(101,86(6)83-57-65-25-33-69(94-7)34-26-65)98-72-37-31-68(32-38-72)89-58-66(84-85-89)59-97-80-46-45-79(90(92)93)81-76(80)47-52-88(81)60(5)91/h21-46,55-58H,8-16,47-54,59H2,1-7H3/b83-57+. The van der Waals surface area contributed by atoms with Gasteiger partial charge in [-0.2, -0.15) is 5.10 Å². The number of benzene rings is 8. The number of carbonyl (C=O) groups is 1. The third-order valence-electron chi connectivity index (χ3n) is 18.2. The van der Waals surface area contributed by atoms with E-state index in [1.165, 1.54) is 76.3 Å². The number of rotatable bonds is 32. The lowest BCUT2D eigenvalue weighted by atomic mass is 9.70. The molecule has 1 unspecified atom stereocenters. The highest BCUT2D eigenvalue weighted by atomic mass is 32.5. The third-order valence-corrected chi connectivity index (χ3v) is 21.1. The average Bonchev–Trinajstić information content (AvgIpc) is 1.56. The van der Waals surface area contributed by atoms with Crippen molar-refractivity contribution in [3.63, 3.8) is 0 Å². The Morgan fingerprint density at radius 1 is 0.653 bits per heavy atom. The Morgan fingerprint density at radius 2 is 1.17 bits per heavy atom. The first kappa shape index (κ1) is 71.9. The molecule has 0 spiro atoms. The summed E-state index contributed by atoms with van der Waals surface area (Å²) in [7, 11) is 3.33. The van der Waals surface area contributed by atoms with Crippen LogP contribution in [-0.4, -0.2) is 83.8 Å². The van der Waals surface area contributed by atoms with Gasteiger partial charge < -0.3 is 37.8 Å². The summed E-state index contributed by atoms with van der Waals surface area (Å²) in [4.78, 5) is 27.6. The topological polar surface area (TPSA) is 168 Å². The molecule has 8 aromatic carbocycles. The van der Waals surface area contributed by atoms with Crippen molar-refractivity contribution in [2.45, 2.75) is 124 Å². The Morgan fingerprint density at radius 3 is 1.71 bits per heavy atom. The van der Waals surface area contributed by atoms with Gasteiger partial charge in [-0.05, 0) is 212 Å². The second-order valence-corrected chi connectivity index (χ2v) is 28.5. The van der Waals surface area contributed by atoms with Crippen LogP contribution in [0.1, 0.15) is 155 Å². The van der Waals surface area contributed by atoms with E-state index in [9.17, 15) is 14.9 Å². The maximum absolute atomic E-state index is 12.3. The summed E-state index contributed by atoms with van der Waals surface area (Å²) >= 11 is 6.22. The number of hydrazone groups is 1. The monoisotopic (exact) mass is 1390 g/mol. The van der Waals surface area contributed by atoms with E-state index >= 15 is 0 Å². The van der Waals surface area contributed by atoms with Crippen LogP contribution in [-0.2, 0) is 35.0 Å². The number of aromatic nitrogens is 3. The van der Waals surface area contributed by atoms with Crippen LogP contribution in [0.2, 0.25) is 0 Å². The summed E-state index contributed by atoms with van der Waals surface area (Å²) in [5.74, 6) is 17.2. The van der Waals surface area contributed by atoms with E-state index in [1.54, 1.807) is 73.7 Å². The number of methoxy groups -OCH3 is 1. The zero-order valence-corrected chi connectivity index (χ0v) is 60.4. The maximum atomic E-state index is 12.3. The number of nitro benzene ring substituents is 1. The molecule has 2 heterocycles. The summed E-state index contributed by atoms with van der Waals surface area (Å²) < 4.78 is 39.9. The minimum absolute atomic E-state index is 0.0359. The minimum atomic E-state index is -3.42. The summed E-state index contributed by atoms with van der Waals surface area (Å²) in [6, 6.07) is 55.2. The molecule has 17 nitrogen and oxygen atoms in total. The third kappa shape index (κ3) is 17.8. The number of anilines is 2. The van der Waals surface area contributed by atoms with Crippen LogP contribution in [0.3, 0.4) is 0 Å². The second-order valence-electron chi connectivity index (χ2n) is 25.3. The molecule has 1 aromatic heterocycles. The van der Waals surface area contributed by atoms with E-state index in [2.05, 4.69) is 132 Å². The molecule has 19 heteroatoms. The summed E-state index contributed by atoms with van der Waals surface area (Å²) in [5.41, 5.74) is 13.3. The molecule has 0 saturated carbocycles. The molecule has 1 atom stereocenters. The Hall–Kier alpha value is -10.4. The van der Waals surface area contributed by atoms with Gasteiger partial charge in [-0.3, -0.25) is 14.9 Å². The lowest BCUT2D eigenvalue weighted by Gasteiger charge is -2.33. The van der Waals surface area contributed by atoms with Gasteiger partial charge in [0.25, 0.3) is 5.69 Å². The van der Waals surface area contributed by atoms with Crippen LogP contribution in [0, 0.1) is 33.8 Å². The Labute approximate surface area is 598 Å². The smallest absolute Gasteiger partial charge is 0.410 e. The molecule has 2 aliphatic rings. The fourth-order valence-corrected chi connectivity index (χ4v) is 14.6. The van der Waals surface area contributed by atoms with Crippen molar-refractivity contribution >= 4 is 47.6 Å². The van der Waals surface area contributed by atoms with Crippen LogP contribution >= 0.6 is 6.64 Å². The molecule has 101 heavy (non-hydrogen) atoms. The Balaban J connectivity index is 0.688. The summed E-state index contributed by atoms with van der Waals surface area (Å²) in [6.45, 7) is 10.5. The van der Waals surface area contributed by atoms with E-state index in [0.29, 0.717) is 72.5 Å². The van der Waals surface area contributed by atoms with Crippen LogP contribution in [0.4, 0.5) is 17.1 Å². The number of ether oxygens (including phenoxy) is 4. The molecule has 0 N–H and O–H groups in total. The predicted octanol–water partition coefficient (Wildman–Crippen LogP) is 18.0. The molecule has 0 fully saturated rings. The Kier molecular flexibility index (Phi) is 24.3. The van der Waals surface area contributed by atoms with Crippen molar-refractivity contribution in [2.24, 2.45) is 5.10 Å². The van der Waals surface area contributed by atoms with E-state index in [0.717, 1.165) is 90.9 Å². The van der Waals surface area contributed by atoms with Gasteiger partial charge in [0.05, 0.1) is 43.3 Å². The molecular weight excluding hydrogens is 1300 g/mol. The van der Waals surface area contributed by atoms with Crippen LogP contribution in [0.25, 0.3) is 16.8 Å². The van der Waals surface area contributed by atoms with Crippen molar-refractivity contribution in [3.8, 4) is 75.0 Å². The van der Waals surface area contributed by atoms with Crippen LogP contribution < -0.4 is 37.8 Å². The summed E-state index contributed by atoms with van der Waals surface area (Å²) in [6.07, 6.45) is 16.0. The van der Waals surface area contributed by atoms with Gasteiger partial charge >= 0.3 is 6.64 Å². The molecule has 0 bridgehead atoms. The number of hydrogen-bond acceptors (Lipinski definition) is 14. The number of fused-ring (bicyclic) bond motifs is 4. The maximum Gasteiger partial charge on any atom is 0.410 e. The zero-order valence-electron chi connectivity index (χ0n) is 58.7.